The molecule has 0 atom stereocenters. The first-order chi connectivity index (χ1) is 11.0. The van der Waals surface area contributed by atoms with E-state index in [9.17, 15) is 9.59 Å². The van der Waals surface area contributed by atoms with Gasteiger partial charge in [0.05, 0.1) is 0 Å². The van der Waals surface area contributed by atoms with Crippen LogP contribution in [0.15, 0.2) is 42.5 Å². The Kier molecular flexibility index (Phi) is 5.69. The maximum absolute atomic E-state index is 12.3. The van der Waals surface area contributed by atoms with E-state index in [0.717, 1.165) is 23.2 Å². The number of rotatable bonds is 6. The molecule has 0 aromatic heterocycles. The zero-order valence-corrected chi connectivity index (χ0v) is 14.0. The molecule has 0 fully saturated rings. The van der Waals surface area contributed by atoms with Crippen molar-refractivity contribution in [3.05, 3.63) is 64.7 Å². The Balaban J connectivity index is 1.90. The van der Waals surface area contributed by atoms with Crippen molar-refractivity contribution in [3.63, 3.8) is 0 Å². The molecule has 1 N–H and O–H groups in total. The van der Waals surface area contributed by atoms with Gasteiger partial charge in [-0.3, -0.25) is 9.59 Å². The standard InChI is InChI=1S/C20H23NO2/c1-4-16-7-9-17(10-8-16)21-20(23)12-11-19(22)18-13-14(2)5-6-15(18)3/h5-10,13H,4,11-12H2,1-3H3,(H,21,23). The first kappa shape index (κ1) is 16.9. The molecular formula is C20H23NO2. The Hall–Kier alpha value is -2.42. The summed E-state index contributed by atoms with van der Waals surface area (Å²) in [6.07, 6.45) is 1.39. The molecule has 2 rings (SSSR count). The van der Waals surface area contributed by atoms with Crippen molar-refractivity contribution in [2.75, 3.05) is 5.32 Å². The van der Waals surface area contributed by atoms with Crippen LogP contribution in [0.3, 0.4) is 0 Å². The van der Waals surface area contributed by atoms with Gasteiger partial charge in [-0.05, 0) is 49.6 Å². The molecule has 0 aliphatic heterocycles. The van der Waals surface area contributed by atoms with E-state index in [4.69, 9.17) is 0 Å². The van der Waals surface area contributed by atoms with Gasteiger partial charge in [0.1, 0.15) is 0 Å². The number of hydrogen-bond donors (Lipinski definition) is 1. The number of nitrogens with one attached hydrogen (secondary N) is 1. The van der Waals surface area contributed by atoms with Crippen LogP contribution in [0.5, 0.6) is 0 Å². The molecular weight excluding hydrogens is 286 g/mol. The topological polar surface area (TPSA) is 46.2 Å². The summed E-state index contributed by atoms with van der Waals surface area (Å²) in [7, 11) is 0. The van der Waals surface area contributed by atoms with Gasteiger partial charge in [0.2, 0.25) is 5.91 Å². The molecule has 0 unspecified atom stereocenters. The lowest BCUT2D eigenvalue weighted by atomic mass is 9.99. The molecule has 2 aromatic rings. The van der Waals surface area contributed by atoms with Crippen LogP contribution >= 0.6 is 0 Å². The minimum Gasteiger partial charge on any atom is -0.326 e. The average Bonchev–Trinajstić information content (AvgIpc) is 2.55. The number of amides is 1. The average molecular weight is 309 g/mol. The first-order valence-corrected chi connectivity index (χ1v) is 7.99. The van der Waals surface area contributed by atoms with Gasteiger partial charge in [-0.15, -0.1) is 0 Å². The SMILES string of the molecule is CCc1ccc(NC(=O)CCC(=O)c2cc(C)ccc2C)cc1. The van der Waals surface area contributed by atoms with Crippen LogP contribution in [0, 0.1) is 13.8 Å². The lowest BCUT2D eigenvalue weighted by molar-refractivity contribution is -0.116. The Morgan fingerprint density at radius 1 is 0.957 bits per heavy atom. The third-order valence-corrected chi connectivity index (χ3v) is 3.92. The summed E-state index contributed by atoms with van der Waals surface area (Å²) in [5.41, 5.74) is 4.72. The highest BCUT2D eigenvalue weighted by Crippen LogP contribution is 2.15. The van der Waals surface area contributed by atoms with Crippen molar-refractivity contribution in [1.82, 2.24) is 0 Å². The molecule has 0 heterocycles. The van der Waals surface area contributed by atoms with Crippen LogP contribution in [-0.2, 0) is 11.2 Å². The second-order valence-corrected chi connectivity index (χ2v) is 5.84. The van der Waals surface area contributed by atoms with E-state index in [2.05, 4.69) is 12.2 Å². The molecule has 0 aliphatic rings. The number of carbonyl (C=O) groups excluding carboxylic acids is 2. The summed E-state index contributed by atoms with van der Waals surface area (Å²) in [6.45, 7) is 5.97. The quantitative estimate of drug-likeness (QED) is 0.800. The minimum absolute atomic E-state index is 0.0164. The van der Waals surface area contributed by atoms with Gasteiger partial charge in [-0.1, -0.05) is 36.8 Å². The number of ketones is 1. The zero-order valence-electron chi connectivity index (χ0n) is 14.0. The summed E-state index contributed by atoms with van der Waals surface area (Å²) in [6, 6.07) is 13.6. The van der Waals surface area contributed by atoms with Crippen LogP contribution in [0.25, 0.3) is 0 Å². The molecule has 0 saturated carbocycles. The smallest absolute Gasteiger partial charge is 0.224 e. The molecule has 0 saturated heterocycles. The first-order valence-electron chi connectivity index (χ1n) is 7.99. The number of aryl methyl sites for hydroxylation is 3. The minimum atomic E-state index is -0.132. The second-order valence-electron chi connectivity index (χ2n) is 5.84. The van der Waals surface area contributed by atoms with Crippen molar-refractivity contribution >= 4 is 17.4 Å². The molecule has 3 heteroatoms. The van der Waals surface area contributed by atoms with Crippen LogP contribution in [0.1, 0.15) is 46.8 Å². The normalized spacial score (nSPS) is 10.4. The highest BCUT2D eigenvalue weighted by Gasteiger charge is 2.12. The van der Waals surface area contributed by atoms with E-state index >= 15 is 0 Å². The van der Waals surface area contributed by atoms with E-state index in [-0.39, 0.29) is 24.5 Å². The number of anilines is 1. The maximum atomic E-state index is 12.3. The van der Waals surface area contributed by atoms with E-state index in [1.165, 1.54) is 5.56 Å². The summed E-state index contributed by atoms with van der Waals surface area (Å²) in [5.74, 6) is -0.115. The van der Waals surface area contributed by atoms with Crippen molar-refractivity contribution in [1.29, 1.82) is 0 Å². The predicted molar refractivity (Wildman–Crippen MR) is 93.9 cm³/mol. The van der Waals surface area contributed by atoms with E-state index in [1.54, 1.807) is 0 Å². The van der Waals surface area contributed by atoms with Gasteiger partial charge in [0.25, 0.3) is 0 Å². The Labute approximate surface area is 137 Å². The fraction of sp³-hybridized carbons (Fsp3) is 0.300. The third kappa shape index (κ3) is 4.78. The van der Waals surface area contributed by atoms with Crippen LogP contribution < -0.4 is 5.32 Å². The summed E-state index contributed by atoms with van der Waals surface area (Å²) >= 11 is 0. The summed E-state index contributed by atoms with van der Waals surface area (Å²) in [5, 5.41) is 2.83. The molecule has 3 nitrogen and oxygen atoms in total. The van der Waals surface area contributed by atoms with Gasteiger partial charge < -0.3 is 5.32 Å². The van der Waals surface area contributed by atoms with Crippen molar-refractivity contribution < 1.29 is 9.59 Å². The summed E-state index contributed by atoms with van der Waals surface area (Å²) < 4.78 is 0. The monoisotopic (exact) mass is 309 g/mol. The zero-order chi connectivity index (χ0) is 16.8. The molecule has 120 valence electrons. The molecule has 1 amide bonds. The molecule has 0 spiro atoms. The molecule has 0 radical (unpaired) electrons. The predicted octanol–water partition coefficient (Wildman–Crippen LogP) is 4.47. The van der Waals surface area contributed by atoms with Gasteiger partial charge in [0, 0.05) is 24.1 Å². The lowest BCUT2D eigenvalue weighted by Crippen LogP contribution is -2.14. The van der Waals surface area contributed by atoms with Crippen LogP contribution in [0.2, 0.25) is 0 Å². The highest BCUT2D eigenvalue weighted by atomic mass is 16.2. The second kappa shape index (κ2) is 7.73. The molecule has 23 heavy (non-hydrogen) atoms. The van der Waals surface area contributed by atoms with Crippen LogP contribution in [0.4, 0.5) is 5.69 Å². The fourth-order valence-corrected chi connectivity index (χ4v) is 2.45. The van der Waals surface area contributed by atoms with Gasteiger partial charge in [-0.2, -0.15) is 0 Å². The molecule has 0 bridgehead atoms. The highest BCUT2D eigenvalue weighted by molar-refractivity contribution is 6.01. The lowest BCUT2D eigenvalue weighted by Gasteiger charge is -2.08. The van der Waals surface area contributed by atoms with Crippen molar-refractivity contribution in [2.24, 2.45) is 0 Å². The largest absolute Gasteiger partial charge is 0.326 e. The van der Waals surface area contributed by atoms with Crippen molar-refractivity contribution in [3.8, 4) is 0 Å². The van der Waals surface area contributed by atoms with Gasteiger partial charge in [-0.25, -0.2) is 0 Å². The van der Waals surface area contributed by atoms with E-state index in [0.29, 0.717) is 5.56 Å². The number of hydrogen-bond acceptors (Lipinski definition) is 2. The fourth-order valence-electron chi connectivity index (χ4n) is 2.45. The Morgan fingerprint density at radius 2 is 1.65 bits per heavy atom. The number of Topliss-reactive ketones (excluding diaryl/α,β-unsaturated/α-hetero) is 1. The van der Waals surface area contributed by atoms with Gasteiger partial charge >= 0.3 is 0 Å². The Morgan fingerprint density at radius 3 is 2.30 bits per heavy atom. The van der Waals surface area contributed by atoms with Crippen LogP contribution in [-0.4, -0.2) is 11.7 Å². The number of benzene rings is 2. The molecule has 2 aromatic carbocycles. The molecule has 0 aliphatic carbocycles. The van der Waals surface area contributed by atoms with E-state index < -0.39 is 0 Å². The van der Waals surface area contributed by atoms with Gasteiger partial charge in [0.15, 0.2) is 5.78 Å². The third-order valence-electron chi connectivity index (χ3n) is 3.92. The number of carbonyl (C=O) groups is 2. The van der Waals surface area contributed by atoms with Crippen molar-refractivity contribution in [2.45, 2.75) is 40.0 Å². The maximum Gasteiger partial charge on any atom is 0.224 e. The Bertz CT molecular complexity index is 702. The summed E-state index contributed by atoms with van der Waals surface area (Å²) in [4.78, 5) is 24.3. The van der Waals surface area contributed by atoms with E-state index in [1.807, 2.05) is 56.3 Å².